The van der Waals surface area contributed by atoms with Crippen molar-refractivity contribution in [1.82, 2.24) is 4.90 Å². The van der Waals surface area contributed by atoms with Crippen LogP contribution < -0.4 is 0 Å². The Hall–Kier alpha value is -2.12. The molecule has 2 aliphatic heterocycles. The quantitative estimate of drug-likeness (QED) is 0.0542. The van der Waals surface area contributed by atoms with Crippen LogP contribution in [0.25, 0.3) is 0 Å². The van der Waals surface area contributed by atoms with E-state index in [1.54, 1.807) is 0 Å². The first-order valence-electron chi connectivity index (χ1n) is 19.3. The van der Waals surface area contributed by atoms with Gasteiger partial charge in [0.05, 0.1) is 11.0 Å². The van der Waals surface area contributed by atoms with Crippen LogP contribution in [0.3, 0.4) is 0 Å². The smallest absolute Gasteiger partial charge is 0.308 e. The van der Waals surface area contributed by atoms with Crippen LogP contribution in [-0.2, 0) is 23.8 Å². The highest BCUT2D eigenvalue weighted by Gasteiger charge is 2.74. The van der Waals surface area contributed by atoms with Crippen molar-refractivity contribution in [3.63, 3.8) is 0 Å². The summed E-state index contributed by atoms with van der Waals surface area (Å²) in [6, 6.07) is -0.00201. The molecule has 5 aliphatic rings. The maximum atomic E-state index is 13.4. The van der Waals surface area contributed by atoms with Crippen LogP contribution in [0.2, 0.25) is 0 Å². The van der Waals surface area contributed by atoms with Gasteiger partial charge in [0.1, 0.15) is 5.76 Å². The van der Waals surface area contributed by atoms with Crippen molar-refractivity contribution >= 4 is 11.8 Å². The highest BCUT2D eigenvalue weighted by Crippen LogP contribution is 2.67. The van der Waals surface area contributed by atoms with Crippen molar-refractivity contribution in [3.05, 3.63) is 35.8 Å². The van der Waals surface area contributed by atoms with Crippen LogP contribution in [0.4, 0.5) is 0 Å². The first-order chi connectivity index (χ1) is 22.8. The van der Waals surface area contributed by atoms with Crippen LogP contribution in [0, 0.1) is 23.2 Å². The molecule has 2 heterocycles. The van der Waals surface area contributed by atoms with Gasteiger partial charge in [-0.15, -0.1) is 0 Å². The molecule has 0 radical (unpaired) electrons. The van der Waals surface area contributed by atoms with E-state index < -0.39 is 17.1 Å². The molecule has 5 rings (SSSR count). The summed E-state index contributed by atoms with van der Waals surface area (Å²) in [6.45, 7) is 7.81. The Bertz CT molecular complexity index is 1140. The molecule has 0 aromatic carbocycles. The molecule has 7 nitrogen and oxygen atoms in total. The summed E-state index contributed by atoms with van der Waals surface area (Å²) in [6.07, 6.45) is 28.8. The summed E-state index contributed by atoms with van der Waals surface area (Å²) in [5.41, 5.74) is -1.76. The molecular weight excluding hydrogens is 590 g/mol. The Balaban J connectivity index is 1.03. The number of rotatable bonds is 22. The van der Waals surface area contributed by atoms with E-state index >= 15 is 0 Å². The van der Waals surface area contributed by atoms with E-state index in [1.165, 1.54) is 70.6 Å². The lowest BCUT2D eigenvalue weighted by Gasteiger charge is -2.63. The van der Waals surface area contributed by atoms with Gasteiger partial charge in [0.15, 0.2) is 17.6 Å². The number of carbonyl (C=O) groups excluding carboxylic acids is 2. The average Bonchev–Trinajstić information content (AvgIpc) is 3.80. The summed E-state index contributed by atoms with van der Waals surface area (Å²) >= 11 is 0. The van der Waals surface area contributed by atoms with Crippen LogP contribution in [-0.4, -0.2) is 59.4 Å². The van der Waals surface area contributed by atoms with Gasteiger partial charge in [-0.1, -0.05) is 83.4 Å². The third kappa shape index (κ3) is 8.37. The third-order valence-electron chi connectivity index (χ3n) is 12.0. The van der Waals surface area contributed by atoms with Crippen LogP contribution in [0.5, 0.6) is 0 Å². The standard InChI is InChI=1S/C40H63NO6/c1-4-6-7-8-9-10-11-12-13-14-15-16-17-18-19-20-35(43)46-29-45-33-24-23-31-27-34-39(3,44)40(25-26-41(34)28-30-21-22-30)36(31)37(33)47-38(40)32(42)5-2/h12-13,23-24,30-31,34,36,38,44H,4-11,14-22,25-29H2,1-3H3/b13-12+/t31?,34?,36?,38-,39+,40-/m0/s1. The van der Waals surface area contributed by atoms with Gasteiger partial charge in [-0.2, -0.15) is 0 Å². The molecule has 2 saturated heterocycles. The Kier molecular flexibility index (Phi) is 13.1. The molecule has 0 aromatic rings. The predicted molar refractivity (Wildman–Crippen MR) is 185 cm³/mol. The highest BCUT2D eigenvalue weighted by atomic mass is 16.7. The monoisotopic (exact) mass is 653 g/mol. The van der Waals surface area contributed by atoms with Crippen molar-refractivity contribution in [1.29, 1.82) is 0 Å². The Morgan fingerprint density at radius 3 is 2.36 bits per heavy atom. The van der Waals surface area contributed by atoms with Crippen LogP contribution in [0.1, 0.15) is 143 Å². The number of allylic oxidation sites excluding steroid dienone is 5. The van der Waals surface area contributed by atoms with E-state index in [4.69, 9.17) is 14.2 Å². The SMILES string of the molecule is CCCCCCCC/C=C/CCCCCCCC(=O)OCOC1=C2O[C@@H](C(=O)CC)[C@]34CCN(CC5CC5)C(CC(C=C1)C23)[C@@]4(C)O. The molecule has 1 N–H and O–H groups in total. The predicted octanol–water partition coefficient (Wildman–Crippen LogP) is 8.56. The molecule has 3 unspecified atom stereocenters. The number of ketones is 1. The maximum absolute atomic E-state index is 13.4. The summed E-state index contributed by atoms with van der Waals surface area (Å²) in [5.74, 6) is 1.76. The van der Waals surface area contributed by atoms with Gasteiger partial charge in [0.2, 0.25) is 6.79 Å². The number of fused-ring (bicyclic) bond motifs is 1. The number of piperidine rings is 1. The molecule has 6 atom stereocenters. The average molecular weight is 654 g/mol. The fourth-order valence-electron chi connectivity index (χ4n) is 9.09. The fraction of sp³-hybridized carbons (Fsp3) is 0.800. The molecule has 0 amide bonds. The Morgan fingerprint density at radius 2 is 1.68 bits per heavy atom. The van der Waals surface area contributed by atoms with E-state index in [0.29, 0.717) is 24.4 Å². The molecule has 2 saturated carbocycles. The number of hydrogen-bond donors (Lipinski definition) is 1. The van der Waals surface area contributed by atoms with Crippen molar-refractivity contribution in [2.45, 2.75) is 161 Å². The van der Waals surface area contributed by atoms with Gasteiger partial charge in [-0.25, -0.2) is 0 Å². The number of nitrogens with zero attached hydrogens (tertiary/aromatic N) is 1. The third-order valence-corrected chi connectivity index (χ3v) is 12.0. The van der Waals surface area contributed by atoms with Gasteiger partial charge < -0.3 is 19.3 Å². The Labute approximate surface area is 284 Å². The zero-order valence-electron chi connectivity index (χ0n) is 29.7. The van der Waals surface area contributed by atoms with E-state index in [-0.39, 0.29) is 36.4 Å². The van der Waals surface area contributed by atoms with Crippen molar-refractivity contribution in [2.75, 3.05) is 19.9 Å². The molecule has 4 fully saturated rings. The van der Waals surface area contributed by atoms with Crippen LogP contribution in [0.15, 0.2) is 35.8 Å². The first-order valence-corrected chi connectivity index (χ1v) is 19.3. The normalized spacial score (nSPS) is 31.2. The second-order valence-corrected chi connectivity index (χ2v) is 15.3. The number of esters is 1. The lowest BCUT2D eigenvalue weighted by atomic mass is 9.47. The lowest BCUT2D eigenvalue weighted by Crippen LogP contribution is -2.73. The van der Waals surface area contributed by atoms with Gasteiger partial charge in [-0.3, -0.25) is 14.5 Å². The van der Waals surface area contributed by atoms with E-state index in [2.05, 4.69) is 30.1 Å². The van der Waals surface area contributed by atoms with Gasteiger partial charge in [0.25, 0.3) is 0 Å². The molecule has 3 aliphatic carbocycles. The second-order valence-electron chi connectivity index (χ2n) is 15.3. The minimum atomic E-state index is -1.06. The van der Waals surface area contributed by atoms with Gasteiger partial charge >= 0.3 is 5.97 Å². The topological polar surface area (TPSA) is 85.3 Å². The molecule has 0 aromatic heterocycles. The van der Waals surface area contributed by atoms with E-state index in [0.717, 1.165) is 57.5 Å². The largest absolute Gasteiger partial charge is 0.482 e. The summed E-state index contributed by atoms with van der Waals surface area (Å²) < 4.78 is 18.0. The number of aliphatic hydroxyl groups is 1. The molecular formula is C40H63NO6. The molecule has 2 bridgehead atoms. The Morgan fingerprint density at radius 1 is 1.00 bits per heavy atom. The summed E-state index contributed by atoms with van der Waals surface area (Å²) in [7, 11) is 0. The summed E-state index contributed by atoms with van der Waals surface area (Å²) in [5, 5.41) is 12.3. The lowest BCUT2D eigenvalue weighted by molar-refractivity contribution is -0.222. The number of likely N-dealkylation sites (tertiary alicyclic amines) is 1. The molecule has 1 spiro atoms. The number of Topliss-reactive ketones (excluding diaryl/α,β-unsaturated/α-hetero) is 1. The van der Waals surface area contributed by atoms with E-state index in [1.807, 2.05) is 19.9 Å². The van der Waals surface area contributed by atoms with E-state index in [9.17, 15) is 14.7 Å². The maximum Gasteiger partial charge on any atom is 0.308 e. The number of hydrogen-bond acceptors (Lipinski definition) is 7. The molecule has 47 heavy (non-hydrogen) atoms. The number of unbranched alkanes of at least 4 members (excludes halogenated alkanes) is 11. The fourth-order valence-corrected chi connectivity index (χ4v) is 9.09. The minimum Gasteiger partial charge on any atom is -0.482 e. The first kappa shape index (κ1) is 36.2. The zero-order valence-corrected chi connectivity index (χ0v) is 29.7. The minimum absolute atomic E-state index is 0.00201. The van der Waals surface area contributed by atoms with Gasteiger partial charge in [-0.05, 0) is 89.2 Å². The van der Waals surface area contributed by atoms with Gasteiger partial charge in [0, 0.05) is 31.3 Å². The van der Waals surface area contributed by atoms with Crippen molar-refractivity contribution in [3.8, 4) is 0 Å². The highest BCUT2D eigenvalue weighted by molar-refractivity contribution is 5.85. The summed E-state index contributed by atoms with van der Waals surface area (Å²) in [4.78, 5) is 28.3. The second kappa shape index (κ2) is 17.0. The van der Waals surface area contributed by atoms with Crippen LogP contribution >= 0.6 is 0 Å². The zero-order chi connectivity index (χ0) is 33.3. The number of carbonyl (C=O) groups is 2. The number of ether oxygens (including phenoxy) is 3. The van der Waals surface area contributed by atoms with Crippen molar-refractivity contribution in [2.24, 2.45) is 23.2 Å². The molecule has 264 valence electrons. The molecule has 7 heteroatoms. The van der Waals surface area contributed by atoms with Crippen molar-refractivity contribution < 1.29 is 28.9 Å².